The molecule has 0 aromatic heterocycles. The van der Waals surface area contributed by atoms with Crippen molar-refractivity contribution in [1.82, 2.24) is 4.90 Å². The third-order valence-corrected chi connectivity index (χ3v) is 4.87. The maximum Gasteiger partial charge on any atom is 0.176 e. The lowest BCUT2D eigenvalue weighted by Crippen LogP contribution is -2.34. The molecule has 24 heavy (non-hydrogen) atoms. The van der Waals surface area contributed by atoms with Gasteiger partial charge in [-0.25, -0.2) is 9.98 Å². The van der Waals surface area contributed by atoms with Gasteiger partial charge in [0.1, 0.15) is 5.03 Å². The van der Waals surface area contributed by atoms with Crippen LogP contribution in [0.4, 0.5) is 0 Å². The predicted molar refractivity (Wildman–Crippen MR) is 110 cm³/mol. The van der Waals surface area contributed by atoms with Gasteiger partial charge >= 0.3 is 0 Å². The first-order valence-electron chi connectivity index (χ1n) is 8.92. The van der Waals surface area contributed by atoms with E-state index in [0.29, 0.717) is 5.92 Å². The first kappa shape index (κ1) is 20.7. The van der Waals surface area contributed by atoms with E-state index in [0.717, 1.165) is 16.0 Å². The van der Waals surface area contributed by atoms with Crippen LogP contribution in [0.1, 0.15) is 62.3 Å². The highest BCUT2D eigenvalue weighted by Crippen LogP contribution is 2.42. The summed E-state index contributed by atoms with van der Waals surface area (Å²) in [5, 5.41) is 1.91. The van der Waals surface area contributed by atoms with Crippen molar-refractivity contribution in [1.29, 1.82) is 0 Å². The number of hydrogen-bond donors (Lipinski definition) is 0. The Morgan fingerprint density at radius 1 is 1.00 bits per heavy atom. The van der Waals surface area contributed by atoms with Crippen molar-refractivity contribution in [3.63, 3.8) is 0 Å². The van der Waals surface area contributed by atoms with Crippen molar-refractivity contribution in [2.75, 3.05) is 0 Å². The Kier molecular flexibility index (Phi) is 7.02. The molecule has 3 aliphatic rings. The fourth-order valence-corrected chi connectivity index (χ4v) is 3.07. The second kappa shape index (κ2) is 8.15. The van der Waals surface area contributed by atoms with Gasteiger partial charge in [-0.05, 0) is 44.5 Å². The van der Waals surface area contributed by atoms with Crippen LogP contribution in [0, 0.1) is 11.3 Å². The molecule has 0 N–H and O–H groups in total. The van der Waals surface area contributed by atoms with Gasteiger partial charge in [0.2, 0.25) is 0 Å². The minimum absolute atomic E-state index is 0.103. The largest absolute Gasteiger partial charge is 0.278 e. The first-order chi connectivity index (χ1) is 11.3. The Morgan fingerprint density at radius 2 is 1.58 bits per heavy atom. The number of hydrogen-bond acceptors (Lipinski definition) is 5. The Morgan fingerprint density at radius 3 is 2.17 bits per heavy atom. The zero-order chi connectivity index (χ0) is 18.5. The molecule has 0 aromatic rings. The third kappa shape index (κ3) is 4.18. The molecule has 0 saturated heterocycles. The van der Waals surface area contributed by atoms with E-state index in [1.54, 1.807) is 11.8 Å². The van der Waals surface area contributed by atoms with E-state index in [1.165, 1.54) is 0 Å². The number of amidine groups is 1. The summed E-state index contributed by atoms with van der Waals surface area (Å²) in [7, 11) is 0. The Bertz CT molecular complexity index is 596. The molecule has 3 heterocycles. The quantitative estimate of drug-likeness (QED) is 0.610. The number of nitrogens with zero attached hydrogens (tertiary/aromatic N) is 4. The van der Waals surface area contributed by atoms with Crippen LogP contribution in [0.3, 0.4) is 0 Å². The molecule has 1 unspecified atom stereocenters. The van der Waals surface area contributed by atoms with Gasteiger partial charge in [0.15, 0.2) is 11.0 Å². The lowest BCUT2D eigenvalue weighted by Gasteiger charge is -2.32. The van der Waals surface area contributed by atoms with Crippen molar-refractivity contribution < 1.29 is 0 Å². The molecule has 3 rings (SSSR count). The molecule has 4 nitrogen and oxygen atoms in total. The minimum atomic E-state index is -0.143. The zero-order valence-electron chi connectivity index (χ0n) is 16.6. The summed E-state index contributed by atoms with van der Waals surface area (Å²) >= 11 is 1.60. The van der Waals surface area contributed by atoms with Gasteiger partial charge in [-0.1, -0.05) is 41.5 Å². The SMILES string of the molecule is CC.CC.CC(C)C1(C)C=CN2C(=N1)SC1=C2N=CC(C)(C)C=N1. The van der Waals surface area contributed by atoms with Crippen LogP contribution in [0.5, 0.6) is 0 Å². The van der Waals surface area contributed by atoms with Crippen molar-refractivity contribution >= 4 is 29.4 Å². The summed E-state index contributed by atoms with van der Waals surface area (Å²) in [6.45, 7) is 18.8. The van der Waals surface area contributed by atoms with E-state index < -0.39 is 0 Å². The summed E-state index contributed by atoms with van der Waals surface area (Å²) < 4.78 is 0. The van der Waals surface area contributed by atoms with Crippen molar-refractivity contribution in [3.05, 3.63) is 23.1 Å². The average Bonchev–Trinajstić information content (AvgIpc) is 2.83. The van der Waals surface area contributed by atoms with E-state index >= 15 is 0 Å². The lowest BCUT2D eigenvalue weighted by atomic mass is 9.89. The molecule has 3 aliphatic heterocycles. The summed E-state index contributed by atoms with van der Waals surface area (Å²) in [5.41, 5.74) is -0.246. The van der Waals surface area contributed by atoms with Crippen LogP contribution < -0.4 is 0 Å². The molecule has 0 spiro atoms. The van der Waals surface area contributed by atoms with Crippen molar-refractivity contribution in [2.45, 2.75) is 67.9 Å². The number of fused-ring (bicyclic) bond motifs is 2. The molecule has 0 aromatic carbocycles. The number of rotatable bonds is 1. The maximum absolute atomic E-state index is 4.90. The number of aliphatic imine (C=N–C) groups is 3. The van der Waals surface area contributed by atoms with Crippen LogP contribution in [0.15, 0.2) is 38.1 Å². The van der Waals surface area contributed by atoms with Gasteiger partial charge in [0, 0.05) is 24.0 Å². The molecular formula is C19H32N4S. The Hall–Kier alpha value is -1.36. The maximum atomic E-state index is 4.90. The average molecular weight is 349 g/mol. The normalized spacial score (nSPS) is 25.9. The van der Waals surface area contributed by atoms with Crippen LogP contribution >= 0.6 is 11.8 Å². The van der Waals surface area contributed by atoms with Crippen LogP contribution in [-0.2, 0) is 0 Å². The molecule has 1 atom stereocenters. The van der Waals surface area contributed by atoms with E-state index in [-0.39, 0.29) is 11.0 Å². The van der Waals surface area contributed by atoms with Gasteiger partial charge in [-0.15, -0.1) is 0 Å². The van der Waals surface area contributed by atoms with E-state index in [9.17, 15) is 0 Å². The van der Waals surface area contributed by atoms with Gasteiger partial charge in [0.05, 0.1) is 5.54 Å². The highest BCUT2D eigenvalue weighted by Gasteiger charge is 2.37. The van der Waals surface area contributed by atoms with Crippen LogP contribution in [-0.4, -0.2) is 28.0 Å². The van der Waals surface area contributed by atoms with Gasteiger partial charge in [-0.2, -0.15) is 0 Å². The second-order valence-corrected chi connectivity index (χ2v) is 7.49. The highest BCUT2D eigenvalue weighted by atomic mass is 32.2. The number of thioether (sulfide) groups is 1. The van der Waals surface area contributed by atoms with Crippen molar-refractivity contribution in [2.24, 2.45) is 26.3 Å². The molecule has 5 heteroatoms. The predicted octanol–water partition coefficient (Wildman–Crippen LogP) is 5.69. The van der Waals surface area contributed by atoms with Crippen LogP contribution in [0.2, 0.25) is 0 Å². The summed E-state index contributed by atoms with van der Waals surface area (Å²) in [4.78, 5) is 16.1. The van der Waals surface area contributed by atoms with Crippen molar-refractivity contribution in [3.8, 4) is 0 Å². The highest BCUT2D eigenvalue weighted by molar-refractivity contribution is 8.17. The summed E-state index contributed by atoms with van der Waals surface area (Å²) in [6.07, 6.45) is 8.15. The topological polar surface area (TPSA) is 40.3 Å². The van der Waals surface area contributed by atoms with E-state index in [1.807, 2.05) is 45.0 Å². The fraction of sp³-hybridized carbons (Fsp3) is 0.632. The van der Waals surface area contributed by atoms with Gasteiger partial charge in [-0.3, -0.25) is 9.89 Å². The van der Waals surface area contributed by atoms with Gasteiger partial charge < -0.3 is 0 Å². The lowest BCUT2D eigenvalue weighted by molar-refractivity contribution is 0.406. The monoisotopic (exact) mass is 348 g/mol. The standard InChI is InChI=1S/C15H20N4S.2C2H6/c1-10(2)15(5)6-7-19-11-12(20-13(19)18-15)17-9-14(3,4)8-16-11;2*1-2/h6-10H,1-5H3;2*1-2H3. The van der Waals surface area contributed by atoms with Gasteiger partial charge in [0.25, 0.3) is 0 Å². The minimum Gasteiger partial charge on any atom is -0.278 e. The fourth-order valence-electron chi connectivity index (χ4n) is 2.06. The molecular weight excluding hydrogens is 316 g/mol. The summed E-state index contributed by atoms with van der Waals surface area (Å²) in [5.74, 6) is 1.35. The third-order valence-electron chi connectivity index (χ3n) is 3.91. The molecule has 0 fully saturated rings. The van der Waals surface area contributed by atoms with E-state index in [4.69, 9.17) is 4.99 Å². The molecule has 0 radical (unpaired) electrons. The van der Waals surface area contributed by atoms with Crippen LogP contribution in [0.25, 0.3) is 0 Å². The molecule has 0 bridgehead atoms. The first-order valence-corrected chi connectivity index (χ1v) is 9.73. The molecule has 0 amide bonds. The molecule has 0 saturated carbocycles. The second-order valence-electron chi connectivity index (χ2n) is 6.53. The Balaban J connectivity index is 0.000000671. The zero-order valence-corrected chi connectivity index (χ0v) is 17.4. The molecule has 0 aliphatic carbocycles. The summed E-state index contributed by atoms with van der Waals surface area (Å²) in [6, 6.07) is 0. The van der Waals surface area contributed by atoms with E-state index in [2.05, 4.69) is 56.9 Å². The smallest absolute Gasteiger partial charge is 0.176 e. The molecule has 134 valence electrons. The Labute approximate surface area is 151 Å².